The molecule has 0 amide bonds. The third-order valence-electron chi connectivity index (χ3n) is 2.98. The number of hydrogen-bond acceptors (Lipinski definition) is 7. The third-order valence-corrected chi connectivity index (χ3v) is 2.98. The van der Waals surface area contributed by atoms with Crippen LogP contribution in [0.25, 0.3) is 0 Å². The van der Waals surface area contributed by atoms with E-state index < -0.39 is 24.2 Å². The molecule has 0 saturated heterocycles. The van der Waals surface area contributed by atoms with Crippen molar-refractivity contribution in [2.24, 2.45) is 0 Å². The molecule has 0 N–H and O–H groups in total. The number of ether oxygens (including phenoxy) is 4. The molecule has 0 radical (unpaired) electrons. The minimum absolute atomic E-state index is 0.0193. The molecule has 7 nitrogen and oxygen atoms in total. The molecule has 0 heterocycles. The van der Waals surface area contributed by atoms with E-state index in [0.29, 0.717) is 0 Å². The van der Waals surface area contributed by atoms with Crippen molar-refractivity contribution in [1.82, 2.24) is 0 Å². The Hall–Kier alpha value is -2.57. The maximum Gasteiger partial charge on any atom is 0.509 e. The van der Waals surface area contributed by atoms with Gasteiger partial charge in [0.2, 0.25) is 6.10 Å². The molecule has 0 bridgehead atoms. The van der Waals surface area contributed by atoms with E-state index >= 15 is 0 Å². The molecule has 1 atom stereocenters. The molecule has 0 spiro atoms. The van der Waals surface area contributed by atoms with Gasteiger partial charge in [-0.3, -0.25) is 4.79 Å². The molecule has 0 saturated carbocycles. The minimum atomic E-state index is -1.22. The molecule has 7 heteroatoms. The van der Waals surface area contributed by atoms with Crippen LogP contribution in [-0.2, 0) is 35.1 Å². The first-order valence-corrected chi connectivity index (χ1v) is 7.00. The van der Waals surface area contributed by atoms with Crippen molar-refractivity contribution in [3.8, 4) is 0 Å². The first kappa shape index (κ1) is 18.5. The second kappa shape index (κ2) is 9.45. The van der Waals surface area contributed by atoms with Gasteiger partial charge in [0.25, 0.3) is 0 Å². The predicted molar refractivity (Wildman–Crippen MR) is 79.5 cm³/mol. The van der Waals surface area contributed by atoms with Gasteiger partial charge in [0.1, 0.15) is 6.61 Å². The van der Waals surface area contributed by atoms with E-state index in [9.17, 15) is 14.4 Å². The van der Waals surface area contributed by atoms with Crippen LogP contribution in [0.1, 0.15) is 24.0 Å². The molecule has 1 aromatic rings. The van der Waals surface area contributed by atoms with Crippen molar-refractivity contribution in [3.05, 3.63) is 35.4 Å². The fourth-order valence-electron chi connectivity index (χ4n) is 1.80. The van der Waals surface area contributed by atoms with E-state index in [2.05, 4.69) is 9.47 Å². The fraction of sp³-hybridized carbons (Fsp3) is 0.438. The van der Waals surface area contributed by atoms with Crippen LogP contribution in [-0.4, -0.2) is 38.4 Å². The number of rotatable bonds is 7. The molecule has 0 aliphatic heterocycles. The zero-order valence-corrected chi connectivity index (χ0v) is 13.4. The quantitative estimate of drug-likeness (QED) is 0.561. The number of esters is 2. The Balaban J connectivity index is 2.52. The van der Waals surface area contributed by atoms with E-state index in [1.165, 1.54) is 7.11 Å². The molecule has 126 valence electrons. The highest BCUT2D eigenvalue weighted by Gasteiger charge is 2.25. The monoisotopic (exact) mass is 324 g/mol. The zero-order valence-electron chi connectivity index (χ0n) is 13.4. The van der Waals surface area contributed by atoms with E-state index in [1.807, 2.05) is 25.1 Å². The summed E-state index contributed by atoms with van der Waals surface area (Å²) in [4.78, 5) is 34.3. The van der Waals surface area contributed by atoms with Gasteiger partial charge in [-0.2, -0.15) is 0 Å². The summed E-state index contributed by atoms with van der Waals surface area (Å²) in [6.45, 7) is 1.94. The van der Waals surface area contributed by atoms with E-state index in [-0.39, 0.29) is 19.4 Å². The largest absolute Gasteiger partial charge is 0.509 e. The van der Waals surface area contributed by atoms with Gasteiger partial charge in [-0.15, -0.1) is 0 Å². The summed E-state index contributed by atoms with van der Waals surface area (Å²) < 4.78 is 18.9. The van der Waals surface area contributed by atoms with Crippen molar-refractivity contribution in [1.29, 1.82) is 0 Å². The van der Waals surface area contributed by atoms with Gasteiger partial charge >= 0.3 is 18.1 Å². The summed E-state index contributed by atoms with van der Waals surface area (Å²) in [6, 6.07) is 7.42. The zero-order chi connectivity index (χ0) is 17.2. The van der Waals surface area contributed by atoms with Crippen LogP contribution in [0.4, 0.5) is 4.79 Å². The molecule has 1 unspecified atom stereocenters. The average molecular weight is 324 g/mol. The highest BCUT2D eigenvalue weighted by molar-refractivity contribution is 5.78. The number of aryl methyl sites for hydroxylation is 1. The Morgan fingerprint density at radius 3 is 2.48 bits per heavy atom. The maximum atomic E-state index is 11.7. The molecular formula is C16H20O7. The van der Waals surface area contributed by atoms with Gasteiger partial charge in [-0.1, -0.05) is 29.8 Å². The van der Waals surface area contributed by atoms with Crippen molar-refractivity contribution in [2.75, 3.05) is 14.2 Å². The lowest BCUT2D eigenvalue weighted by Gasteiger charge is -2.15. The van der Waals surface area contributed by atoms with Crippen LogP contribution in [0.15, 0.2) is 24.3 Å². The van der Waals surface area contributed by atoms with E-state index in [0.717, 1.165) is 18.2 Å². The standard InChI is InChI=1S/C16H20O7/c1-11-5-4-6-12(9-11)10-22-16(19)23-13(15(18)21-3)7-8-14(17)20-2/h4-6,9,13H,7-8,10H2,1-3H3. The first-order chi connectivity index (χ1) is 11.0. The number of methoxy groups -OCH3 is 2. The molecular weight excluding hydrogens is 304 g/mol. The van der Waals surface area contributed by atoms with Crippen LogP contribution < -0.4 is 0 Å². The topological polar surface area (TPSA) is 88.1 Å². The van der Waals surface area contributed by atoms with Crippen LogP contribution in [0.3, 0.4) is 0 Å². The Morgan fingerprint density at radius 1 is 1.13 bits per heavy atom. The fourth-order valence-corrected chi connectivity index (χ4v) is 1.80. The Labute approximate surface area is 134 Å². The second-order valence-corrected chi connectivity index (χ2v) is 4.77. The SMILES string of the molecule is COC(=O)CCC(OC(=O)OCc1cccc(C)c1)C(=O)OC. The molecule has 0 aliphatic carbocycles. The van der Waals surface area contributed by atoms with Crippen molar-refractivity contribution in [2.45, 2.75) is 32.5 Å². The maximum absolute atomic E-state index is 11.7. The number of carbonyl (C=O) groups is 3. The summed E-state index contributed by atoms with van der Waals surface area (Å²) in [5, 5.41) is 0. The first-order valence-electron chi connectivity index (χ1n) is 7.00. The van der Waals surface area contributed by atoms with Crippen molar-refractivity contribution in [3.63, 3.8) is 0 Å². The highest BCUT2D eigenvalue weighted by atomic mass is 16.7. The summed E-state index contributed by atoms with van der Waals surface area (Å²) >= 11 is 0. The third kappa shape index (κ3) is 6.82. The Kier molecular flexibility index (Phi) is 7.59. The number of benzene rings is 1. The Morgan fingerprint density at radius 2 is 1.87 bits per heavy atom. The molecule has 0 aromatic heterocycles. The van der Waals surface area contributed by atoms with Gasteiger partial charge in [-0.25, -0.2) is 9.59 Å². The number of carbonyl (C=O) groups excluding carboxylic acids is 3. The highest BCUT2D eigenvalue weighted by Crippen LogP contribution is 2.10. The van der Waals surface area contributed by atoms with E-state index in [1.54, 1.807) is 6.07 Å². The predicted octanol–water partition coefficient (Wildman–Crippen LogP) is 2.14. The van der Waals surface area contributed by atoms with Gasteiger partial charge < -0.3 is 18.9 Å². The summed E-state index contributed by atoms with van der Waals surface area (Å²) in [5.74, 6) is -1.28. The minimum Gasteiger partial charge on any atom is -0.469 e. The normalized spacial score (nSPS) is 11.3. The van der Waals surface area contributed by atoms with Crippen LogP contribution in [0.2, 0.25) is 0 Å². The van der Waals surface area contributed by atoms with Gasteiger partial charge in [0.05, 0.1) is 14.2 Å². The Bertz CT molecular complexity index is 553. The number of hydrogen-bond donors (Lipinski definition) is 0. The lowest BCUT2D eigenvalue weighted by molar-refractivity contribution is -0.153. The van der Waals surface area contributed by atoms with Crippen LogP contribution >= 0.6 is 0 Å². The van der Waals surface area contributed by atoms with E-state index in [4.69, 9.17) is 9.47 Å². The van der Waals surface area contributed by atoms with Gasteiger partial charge in [0, 0.05) is 12.8 Å². The van der Waals surface area contributed by atoms with Crippen molar-refractivity contribution < 1.29 is 33.3 Å². The summed E-state index contributed by atoms with van der Waals surface area (Å²) in [5.41, 5.74) is 1.83. The molecule has 1 aromatic carbocycles. The van der Waals surface area contributed by atoms with Gasteiger partial charge in [-0.05, 0) is 12.5 Å². The van der Waals surface area contributed by atoms with Crippen molar-refractivity contribution >= 4 is 18.1 Å². The smallest absolute Gasteiger partial charge is 0.469 e. The van der Waals surface area contributed by atoms with Crippen LogP contribution in [0, 0.1) is 6.92 Å². The van der Waals surface area contributed by atoms with Crippen LogP contribution in [0.5, 0.6) is 0 Å². The lowest BCUT2D eigenvalue weighted by Crippen LogP contribution is -2.29. The second-order valence-electron chi connectivity index (χ2n) is 4.77. The molecule has 1 rings (SSSR count). The molecule has 0 fully saturated rings. The van der Waals surface area contributed by atoms with Gasteiger partial charge in [0.15, 0.2) is 0 Å². The summed E-state index contributed by atoms with van der Waals surface area (Å²) in [6.07, 6.45) is -2.35. The average Bonchev–Trinajstić information content (AvgIpc) is 2.55. The summed E-state index contributed by atoms with van der Waals surface area (Å²) in [7, 11) is 2.39. The lowest BCUT2D eigenvalue weighted by atomic mass is 10.1. The molecule has 0 aliphatic rings. The molecule has 23 heavy (non-hydrogen) atoms.